The zero-order valence-electron chi connectivity index (χ0n) is 28.8. The van der Waals surface area contributed by atoms with Gasteiger partial charge in [0.2, 0.25) is 5.91 Å². The second-order valence-electron chi connectivity index (χ2n) is 12.1. The summed E-state index contributed by atoms with van der Waals surface area (Å²) >= 11 is 10.5. The van der Waals surface area contributed by atoms with Gasteiger partial charge in [0.25, 0.3) is 0 Å². The number of isothiocyanates is 1. The van der Waals surface area contributed by atoms with Crippen LogP contribution in [0.25, 0.3) is 0 Å². The Morgan fingerprint density at radius 3 is 1.59 bits per heavy atom. The number of ether oxygens (including phenoxy) is 4. The first kappa shape index (κ1) is 41.2. The molecule has 1 aromatic carbocycles. The molecule has 4 rings (SSSR count). The zero-order valence-corrected chi connectivity index (χ0v) is 30.4. The molecule has 276 valence electrons. The van der Waals surface area contributed by atoms with Crippen LogP contribution in [0, 0.1) is 0 Å². The fraction of sp³-hybridized carbons (Fsp3) is 0.719. The molecular weight excluding hydrogens is 669 g/mol. The molecule has 9 N–H and O–H groups in total. The lowest BCUT2D eigenvalue weighted by Crippen LogP contribution is -2.68. The highest BCUT2D eigenvalue weighted by atomic mass is 32.1. The third-order valence-electron chi connectivity index (χ3n) is 7.95. The number of nitrogens with zero attached hydrogens (tertiary/aromatic N) is 1. The molecule has 15 nitrogen and oxygen atoms in total. The van der Waals surface area contributed by atoms with Crippen LogP contribution in [0.4, 0.5) is 11.4 Å². The van der Waals surface area contributed by atoms with Crippen molar-refractivity contribution in [1.82, 2.24) is 42.5 Å². The van der Waals surface area contributed by atoms with E-state index in [4.69, 9.17) is 43.4 Å². The highest BCUT2D eigenvalue weighted by Gasteiger charge is 2.33. The lowest BCUT2D eigenvalue weighted by molar-refractivity contribution is -0.124. The first-order valence-electron chi connectivity index (χ1n) is 17.0. The van der Waals surface area contributed by atoms with Crippen LogP contribution in [0.15, 0.2) is 29.3 Å². The van der Waals surface area contributed by atoms with E-state index in [2.05, 4.69) is 58.0 Å². The first-order chi connectivity index (χ1) is 24.0. The van der Waals surface area contributed by atoms with Crippen molar-refractivity contribution in [3.63, 3.8) is 0 Å². The Morgan fingerprint density at radius 1 is 0.714 bits per heavy atom. The molecule has 0 aliphatic carbocycles. The van der Waals surface area contributed by atoms with Crippen molar-refractivity contribution >= 4 is 52.0 Å². The molecule has 1 amide bonds. The van der Waals surface area contributed by atoms with Crippen LogP contribution in [-0.4, -0.2) is 159 Å². The maximum atomic E-state index is 13.1. The van der Waals surface area contributed by atoms with Gasteiger partial charge in [-0.25, -0.2) is 0 Å². The molecule has 0 saturated carbocycles. The van der Waals surface area contributed by atoms with Gasteiger partial charge in [0.05, 0.1) is 68.2 Å². The van der Waals surface area contributed by atoms with E-state index in [1.165, 1.54) is 0 Å². The van der Waals surface area contributed by atoms with E-state index in [1.807, 2.05) is 24.3 Å². The Hall–Kier alpha value is -2.22. The predicted octanol–water partition coefficient (Wildman–Crippen LogP) is -1.05. The van der Waals surface area contributed by atoms with Crippen LogP contribution in [0.3, 0.4) is 0 Å². The van der Waals surface area contributed by atoms with Gasteiger partial charge in [0, 0.05) is 97.8 Å². The Morgan fingerprint density at radius 2 is 1.14 bits per heavy atom. The standard InChI is InChI=1S/C32H56N10O5S2/c1-44-14-15-46-18-19-47-17-16-45-13-6-29(43)41-31-20-33-7-10-36-23-32(24-37-11-8-34-21-31,25-38-12-9-35-22-31)42-30(49)40-28-4-2-27(3-5-28)39-26-48/h2-5,33-38H,6-25H2,1H3,(H,41,43)(H2,40,42,49). The first-order valence-corrected chi connectivity index (χ1v) is 17.8. The maximum Gasteiger partial charge on any atom is 0.222 e. The number of hydrogen-bond acceptors (Lipinski definition) is 14. The summed E-state index contributed by atoms with van der Waals surface area (Å²) < 4.78 is 21.5. The van der Waals surface area contributed by atoms with Gasteiger partial charge in [0.1, 0.15) is 0 Å². The molecule has 0 radical (unpaired) electrons. The quantitative estimate of drug-likeness (QED) is 0.0574. The van der Waals surface area contributed by atoms with E-state index in [1.54, 1.807) is 7.11 Å². The number of carbonyl (C=O) groups excluding carboxylic acids is 1. The van der Waals surface area contributed by atoms with E-state index >= 15 is 0 Å². The fourth-order valence-electron chi connectivity index (χ4n) is 5.42. The largest absolute Gasteiger partial charge is 0.382 e. The summed E-state index contributed by atoms with van der Waals surface area (Å²) in [5.74, 6) is -0.0469. The Balaban J connectivity index is 1.51. The van der Waals surface area contributed by atoms with Crippen molar-refractivity contribution in [3.05, 3.63) is 24.3 Å². The maximum absolute atomic E-state index is 13.1. The van der Waals surface area contributed by atoms with Crippen molar-refractivity contribution in [3.8, 4) is 0 Å². The molecule has 3 aliphatic rings. The van der Waals surface area contributed by atoms with E-state index in [0.29, 0.717) is 90.6 Å². The van der Waals surface area contributed by atoms with E-state index in [0.717, 1.165) is 50.6 Å². The molecule has 3 aliphatic heterocycles. The van der Waals surface area contributed by atoms with Gasteiger partial charge in [-0.3, -0.25) is 4.79 Å². The molecule has 0 aromatic heterocycles. The summed E-state index contributed by atoms with van der Waals surface area (Å²) in [5, 5.41) is 34.7. The Labute approximate surface area is 301 Å². The molecule has 0 spiro atoms. The van der Waals surface area contributed by atoms with Crippen molar-refractivity contribution in [2.24, 2.45) is 4.99 Å². The van der Waals surface area contributed by atoms with Gasteiger partial charge in [0.15, 0.2) is 5.11 Å². The molecule has 3 heterocycles. The highest BCUT2D eigenvalue weighted by Crippen LogP contribution is 2.16. The molecule has 17 heteroatoms. The molecule has 3 fully saturated rings. The van der Waals surface area contributed by atoms with E-state index in [-0.39, 0.29) is 12.3 Å². The van der Waals surface area contributed by atoms with Crippen LogP contribution in [0.5, 0.6) is 0 Å². The number of aliphatic imine (C=N–C) groups is 1. The molecular formula is C32H56N10O5S2. The van der Waals surface area contributed by atoms with Crippen LogP contribution >= 0.6 is 24.4 Å². The average Bonchev–Trinajstić information content (AvgIpc) is 3.09. The summed E-state index contributed by atoms with van der Waals surface area (Å²) in [4.78, 5) is 17.1. The number of anilines is 1. The molecule has 0 unspecified atom stereocenters. The summed E-state index contributed by atoms with van der Waals surface area (Å²) in [7, 11) is 1.64. The van der Waals surface area contributed by atoms with Crippen molar-refractivity contribution in [1.29, 1.82) is 0 Å². The van der Waals surface area contributed by atoms with Crippen molar-refractivity contribution < 1.29 is 23.7 Å². The summed E-state index contributed by atoms with van der Waals surface area (Å²) in [5.41, 5.74) is 0.677. The lowest BCUT2D eigenvalue weighted by Gasteiger charge is -2.39. The third-order valence-corrected chi connectivity index (χ3v) is 8.24. The number of fused-ring (bicyclic) bond motifs is 15. The number of thiocarbonyl (C=S) groups is 2. The summed E-state index contributed by atoms with van der Waals surface area (Å²) in [6.45, 7) is 11.6. The lowest BCUT2D eigenvalue weighted by atomic mass is 9.97. The van der Waals surface area contributed by atoms with Gasteiger partial charge in [-0.1, -0.05) is 0 Å². The van der Waals surface area contributed by atoms with E-state index < -0.39 is 11.1 Å². The number of benzene rings is 1. The predicted molar refractivity (Wildman–Crippen MR) is 200 cm³/mol. The number of carbonyl (C=O) groups is 1. The average molecular weight is 725 g/mol. The van der Waals surface area contributed by atoms with Gasteiger partial charge in [-0.05, 0) is 48.7 Å². The van der Waals surface area contributed by atoms with Crippen molar-refractivity contribution in [2.45, 2.75) is 17.5 Å². The summed E-state index contributed by atoms with van der Waals surface area (Å²) in [6.07, 6.45) is 0.270. The van der Waals surface area contributed by atoms with Crippen LogP contribution < -0.4 is 47.9 Å². The van der Waals surface area contributed by atoms with Gasteiger partial charge in [-0.2, -0.15) is 4.99 Å². The molecule has 2 bridgehead atoms. The number of hydrogen-bond donors (Lipinski definition) is 9. The topological polar surface area (TPSA) is 175 Å². The normalized spacial score (nSPS) is 22.6. The Kier molecular flexibility index (Phi) is 20.9. The Bertz CT molecular complexity index is 1090. The minimum atomic E-state index is -0.519. The van der Waals surface area contributed by atoms with Gasteiger partial charge >= 0.3 is 0 Å². The fourth-order valence-corrected chi connectivity index (χ4v) is 5.86. The molecule has 49 heavy (non-hydrogen) atoms. The smallest absolute Gasteiger partial charge is 0.222 e. The second-order valence-corrected chi connectivity index (χ2v) is 12.7. The minimum absolute atomic E-state index is 0.0469. The van der Waals surface area contributed by atoms with Crippen LogP contribution in [-0.2, 0) is 23.7 Å². The van der Waals surface area contributed by atoms with Gasteiger partial charge < -0.3 is 66.8 Å². The number of methoxy groups -OCH3 is 1. The second kappa shape index (κ2) is 24.8. The van der Waals surface area contributed by atoms with Crippen LogP contribution in [0.1, 0.15) is 6.42 Å². The SMILES string of the molecule is COCCOCCOCCOCCC(=O)NC12CNCCNCC(NC(=S)Nc3ccc(N=C=S)cc3)(CNCCNC1)CNCCNC2. The molecule has 3 saturated heterocycles. The third kappa shape index (κ3) is 17.5. The molecule has 1 aromatic rings. The highest BCUT2D eigenvalue weighted by molar-refractivity contribution is 7.80. The minimum Gasteiger partial charge on any atom is -0.382 e. The van der Waals surface area contributed by atoms with Gasteiger partial charge in [-0.15, -0.1) is 0 Å². The zero-order chi connectivity index (χ0) is 34.9. The number of amides is 1. The number of rotatable bonds is 16. The van der Waals surface area contributed by atoms with Crippen LogP contribution in [0.2, 0.25) is 0 Å². The summed E-state index contributed by atoms with van der Waals surface area (Å²) in [6, 6.07) is 7.55. The van der Waals surface area contributed by atoms with E-state index in [9.17, 15) is 4.79 Å². The molecule has 0 atom stereocenters. The van der Waals surface area contributed by atoms with Crippen molar-refractivity contribution in [2.75, 3.05) is 137 Å². The number of nitrogens with one attached hydrogen (secondary N) is 9. The monoisotopic (exact) mass is 724 g/mol.